The summed E-state index contributed by atoms with van der Waals surface area (Å²) in [5.41, 5.74) is 0.929. The van der Waals surface area contributed by atoms with Gasteiger partial charge in [-0.1, -0.05) is 42.1 Å². The van der Waals surface area contributed by atoms with Gasteiger partial charge in [-0.3, -0.25) is 10.1 Å². The third kappa shape index (κ3) is 4.03. The molecular formula is C17H11N3OS2. The summed E-state index contributed by atoms with van der Waals surface area (Å²) in [4.78, 5) is 18.2. The minimum atomic E-state index is -0.230. The van der Waals surface area contributed by atoms with E-state index in [-0.39, 0.29) is 5.91 Å². The number of nitriles is 1. The van der Waals surface area contributed by atoms with Gasteiger partial charge in [-0.15, -0.1) is 4.99 Å². The third-order valence-corrected chi connectivity index (χ3v) is 4.88. The van der Waals surface area contributed by atoms with Crippen molar-refractivity contribution in [3.05, 3.63) is 65.1 Å². The van der Waals surface area contributed by atoms with Crippen molar-refractivity contribution < 1.29 is 4.79 Å². The fraction of sp³-hybridized carbons (Fsp3) is 0. The van der Waals surface area contributed by atoms with Crippen LogP contribution < -0.4 is 5.32 Å². The number of hydrogen-bond donors (Lipinski definition) is 1. The van der Waals surface area contributed by atoms with Gasteiger partial charge < -0.3 is 0 Å². The van der Waals surface area contributed by atoms with E-state index in [4.69, 9.17) is 5.26 Å². The van der Waals surface area contributed by atoms with Crippen molar-refractivity contribution in [3.63, 3.8) is 0 Å². The number of nitrogens with zero attached hydrogens (tertiary/aromatic N) is 2. The summed E-state index contributed by atoms with van der Waals surface area (Å²) >= 11 is 2.85. The molecule has 2 aromatic carbocycles. The third-order valence-electron chi connectivity index (χ3n) is 2.96. The lowest BCUT2D eigenvalue weighted by Crippen LogP contribution is -2.19. The Balaban J connectivity index is 1.73. The van der Waals surface area contributed by atoms with Crippen LogP contribution in [0.25, 0.3) is 6.08 Å². The molecule has 6 heteroatoms. The first-order valence-corrected chi connectivity index (χ1v) is 8.38. The Morgan fingerprint density at radius 2 is 1.78 bits per heavy atom. The Hall–Kier alpha value is -2.49. The van der Waals surface area contributed by atoms with Gasteiger partial charge in [0.2, 0.25) is 6.19 Å². The van der Waals surface area contributed by atoms with E-state index >= 15 is 0 Å². The predicted molar refractivity (Wildman–Crippen MR) is 93.8 cm³/mol. The van der Waals surface area contributed by atoms with Crippen molar-refractivity contribution in [2.45, 2.75) is 9.79 Å². The highest BCUT2D eigenvalue weighted by Crippen LogP contribution is 2.29. The molecule has 4 nitrogen and oxygen atoms in total. The minimum absolute atomic E-state index is 0.230. The summed E-state index contributed by atoms with van der Waals surface area (Å²) in [7, 11) is 0. The molecule has 1 aliphatic heterocycles. The molecule has 0 spiro atoms. The van der Waals surface area contributed by atoms with Crippen LogP contribution in [0.3, 0.4) is 0 Å². The van der Waals surface area contributed by atoms with E-state index in [0.717, 1.165) is 10.5 Å². The second-order valence-electron chi connectivity index (χ2n) is 4.57. The Bertz CT molecular complexity index is 821. The normalized spacial score (nSPS) is 17.3. The Morgan fingerprint density at radius 3 is 2.48 bits per heavy atom. The molecule has 1 aliphatic rings. The molecule has 112 valence electrons. The Morgan fingerprint density at radius 1 is 1.09 bits per heavy atom. The van der Waals surface area contributed by atoms with Crippen LogP contribution in [0.15, 0.2) is 74.3 Å². The summed E-state index contributed by atoms with van der Waals surface area (Å²) in [6, 6.07) is 18.1. The van der Waals surface area contributed by atoms with Gasteiger partial charge in [0.05, 0.1) is 4.91 Å². The number of aliphatic imine (C=N–C) groups is 1. The lowest BCUT2D eigenvalue weighted by atomic mass is 10.2. The molecule has 3 rings (SSSR count). The lowest BCUT2D eigenvalue weighted by Gasteiger charge is -2.02. The number of amides is 1. The molecule has 2 aromatic rings. The zero-order chi connectivity index (χ0) is 16.1. The van der Waals surface area contributed by atoms with E-state index < -0.39 is 0 Å². The summed E-state index contributed by atoms with van der Waals surface area (Å²) < 4.78 is 0. The number of hydrogen-bond acceptors (Lipinski definition) is 5. The molecule has 1 heterocycles. The maximum atomic E-state index is 11.8. The van der Waals surface area contributed by atoms with Crippen molar-refractivity contribution in [1.82, 2.24) is 5.32 Å². The van der Waals surface area contributed by atoms with E-state index in [1.807, 2.05) is 42.5 Å². The zero-order valence-electron chi connectivity index (χ0n) is 11.9. The average Bonchev–Trinajstić information content (AvgIpc) is 2.90. The maximum absolute atomic E-state index is 11.8. The Labute approximate surface area is 142 Å². The van der Waals surface area contributed by atoms with E-state index in [9.17, 15) is 4.79 Å². The van der Waals surface area contributed by atoms with Crippen molar-refractivity contribution in [2.75, 3.05) is 0 Å². The molecule has 1 fully saturated rings. The number of carbonyl (C=O) groups excluding carboxylic acids is 1. The van der Waals surface area contributed by atoms with Crippen molar-refractivity contribution in [3.8, 4) is 6.19 Å². The number of benzene rings is 2. The van der Waals surface area contributed by atoms with Crippen LogP contribution in [0.2, 0.25) is 0 Å². The van der Waals surface area contributed by atoms with E-state index in [1.165, 1.54) is 16.7 Å². The lowest BCUT2D eigenvalue weighted by molar-refractivity contribution is -0.115. The van der Waals surface area contributed by atoms with Gasteiger partial charge in [0.25, 0.3) is 5.91 Å². The van der Waals surface area contributed by atoms with E-state index in [1.54, 1.807) is 24.0 Å². The predicted octanol–water partition coefficient (Wildman–Crippen LogP) is 3.88. The van der Waals surface area contributed by atoms with Gasteiger partial charge in [0.1, 0.15) is 0 Å². The highest BCUT2D eigenvalue weighted by molar-refractivity contribution is 8.18. The highest BCUT2D eigenvalue weighted by atomic mass is 32.2. The van der Waals surface area contributed by atoms with Crippen molar-refractivity contribution >= 4 is 40.7 Å². The van der Waals surface area contributed by atoms with Crippen LogP contribution in [0.1, 0.15) is 5.56 Å². The smallest absolute Gasteiger partial charge is 0.264 e. The molecule has 0 saturated carbocycles. The number of rotatable bonds is 3. The van der Waals surface area contributed by atoms with Gasteiger partial charge in [-0.2, -0.15) is 5.26 Å². The fourth-order valence-corrected chi connectivity index (χ4v) is 3.55. The van der Waals surface area contributed by atoms with Crippen molar-refractivity contribution in [1.29, 1.82) is 5.26 Å². The van der Waals surface area contributed by atoms with E-state index in [0.29, 0.717) is 10.1 Å². The number of carbonyl (C=O) groups is 1. The first kappa shape index (κ1) is 15.4. The molecule has 0 unspecified atom stereocenters. The SMILES string of the molecule is N#CN=C1NC(=O)/C(=C\c2ccc(Sc3ccccc3)cc2)S1. The number of amidine groups is 1. The first-order valence-electron chi connectivity index (χ1n) is 6.75. The largest absolute Gasteiger partial charge is 0.300 e. The first-order chi connectivity index (χ1) is 11.2. The quantitative estimate of drug-likeness (QED) is 0.682. The fourth-order valence-electron chi connectivity index (χ4n) is 1.93. The molecular weight excluding hydrogens is 326 g/mol. The monoisotopic (exact) mass is 337 g/mol. The second kappa shape index (κ2) is 7.18. The topological polar surface area (TPSA) is 65.2 Å². The number of thioether (sulfide) groups is 1. The van der Waals surface area contributed by atoms with Gasteiger partial charge >= 0.3 is 0 Å². The average molecular weight is 337 g/mol. The Kier molecular flexibility index (Phi) is 4.81. The molecule has 1 amide bonds. The molecule has 23 heavy (non-hydrogen) atoms. The summed E-state index contributed by atoms with van der Waals surface area (Å²) in [6.45, 7) is 0. The summed E-state index contributed by atoms with van der Waals surface area (Å²) in [5, 5.41) is 11.4. The summed E-state index contributed by atoms with van der Waals surface area (Å²) in [6.07, 6.45) is 3.46. The number of nitrogens with one attached hydrogen (secondary N) is 1. The molecule has 0 bridgehead atoms. The molecule has 0 radical (unpaired) electrons. The van der Waals surface area contributed by atoms with Crippen LogP contribution in [0, 0.1) is 11.5 Å². The molecule has 1 N–H and O–H groups in total. The minimum Gasteiger partial charge on any atom is -0.300 e. The van der Waals surface area contributed by atoms with Gasteiger partial charge in [-0.05, 0) is 47.7 Å². The van der Waals surface area contributed by atoms with Crippen LogP contribution in [0.5, 0.6) is 0 Å². The highest BCUT2D eigenvalue weighted by Gasteiger charge is 2.23. The molecule has 1 saturated heterocycles. The maximum Gasteiger partial charge on any atom is 0.264 e. The molecule has 0 atom stereocenters. The van der Waals surface area contributed by atoms with Crippen LogP contribution >= 0.6 is 23.5 Å². The molecule has 0 aliphatic carbocycles. The van der Waals surface area contributed by atoms with E-state index in [2.05, 4.69) is 22.4 Å². The van der Waals surface area contributed by atoms with Crippen LogP contribution in [0.4, 0.5) is 0 Å². The standard InChI is InChI=1S/C17H11N3OS2/c18-11-19-17-20-16(21)15(23-17)10-12-6-8-14(9-7-12)22-13-4-2-1-3-5-13/h1-10H,(H,19,20,21)/b15-10+. The van der Waals surface area contributed by atoms with Crippen LogP contribution in [-0.2, 0) is 4.79 Å². The molecule has 0 aromatic heterocycles. The van der Waals surface area contributed by atoms with Gasteiger partial charge in [0.15, 0.2) is 5.17 Å². The van der Waals surface area contributed by atoms with Gasteiger partial charge in [-0.25, -0.2) is 0 Å². The zero-order valence-corrected chi connectivity index (χ0v) is 13.5. The summed E-state index contributed by atoms with van der Waals surface area (Å²) in [5.74, 6) is -0.230. The second-order valence-corrected chi connectivity index (χ2v) is 6.74. The van der Waals surface area contributed by atoms with Crippen molar-refractivity contribution in [2.24, 2.45) is 4.99 Å². The van der Waals surface area contributed by atoms with Gasteiger partial charge in [0, 0.05) is 9.79 Å². The van der Waals surface area contributed by atoms with Crippen LogP contribution in [-0.4, -0.2) is 11.1 Å².